The van der Waals surface area contributed by atoms with Crippen molar-refractivity contribution < 1.29 is 9.21 Å². The fourth-order valence-electron chi connectivity index (χ4n) is 1.88. The van der Waals surface area contributed by atoms with Crippen LogP contribution in [-0.4, -0.2) is 11.0 Å². The van der Waals surface area contributed by atoms with E-state index in [0.29, 0.717) is 0 Å². The zero-order chi connectivity index (χ0) is 13.8. The van der Waals surface area contributed by atoms with Crippen molar-refractivity contribution in [2.75, 3.05) is 0 Å². The van der Waals surface area contributed by atoms with Crippen LogP contribution in [-0.2, 0) is 6.42 Å². The fraction of sp³-hybridized carbons (Fsp3) is 0.312. The molecule has 0 N–H and O–H groups in total. The molecule has 1 atom stereocenters. The summed E-state index contributed by atoms with van der Waals surface area (Å²) in [5.41, 5.74) is 2.03. The predicted octanol–water partition coefficient (Wildman–Crippen LogP) is 4.51. The van der Waals surface area contributed by atoms with Crippen molar-refractivity contribution in [2.45, 2.75) is 37.3 Å². The summed E-state index contributed by atoms with van der Waals surface area (Å²) in [5.74, 6) is 1.03. The number of carbonyl (C=O) groups is 1. The highest BCUT2D eigenvalue weighted by molar-refractivity contribution is 8.00. The van der Waals surface area contributed by atoms with Gasteiger partial charge in [-0.2, -0.15) is 0 Å². The molecule has 2 rings (SSSR count). The van der Waals surface area contributed by atoms with Crippen LogP contribution in [0.15, 0.2) is 45.9 Å². The molecule has 19 heavy (non-hydrogen) atoms. The molecule has 0 bridgehead atoms. The lowest BCUT2D eigenvalue weighted by Crippen LogP contribution is -2.13. The minimum atomic E-state index is -0.108. The molecular weight excluding hydrogens is 256 g/mol. The Labute approximate surface area is 118 Å². The predicted molar refractivity (Wildman–Crippen MR) is 78.9 cm³/mol. The van der Waals surface area contributed by atoms with Crippen molar-refractivity contribution in [3.05, 3.63) is 53.5 Å². The molecular formula is C16H18O2S. The molecule has 1 aromatic heterocycles. The molecule has 0 saturated carbocycles. The van der Waals surface area contributed by atoms with Crippen molar-refractivity contribution in [3.8, 4) is 0 Å². The molecule has 0 spiro atoms. The summed E-state index contributed by atoms with van der Waals surface area (Å²) in [7, 11) is 0. The summed E-state index contributed by atoms with van der Waals surface area (Å²) < 4.78 is 5.25. The van der Waals surface area contributed by atoms with Gasteiger partial charge >= 0.3 is 0 Å². The normalized spacial score (nSPS) is 12.4. The molecule has 3 heteroatoms. The van der Waals surface area contributed by atoms with Crippen LogP contribution < -0.4 is 0 Å². The second-order valence-electron chi connectivity index (χ2n) is 4.52. The third-order valence-corrected chi connectivity index (χ3v) is 4.38. The Balaban J connectivity index is 2.08. The first-order valence-electron chi connectivity index (χ1n) is 6.45. The van der Waals surface area contributed by atoms with Gasteiger partial charge in [0.15, 0.2) is 5.78 Å². The third kappa shape index (κ3) is 3.29. The van der Waals surface area contributed by atoms with Crippen LogP contribution in [0, 0.1) is 6.92 Å². The van der Waals surface area contributed by atoms with Crippen molar-refractivity contribution in [3.63, 3.8) is 0 Å². The average molecular weight is 274 g/mol. The largest absolute Gasteiger partial charge is 0.468 e. The summed E-state index contributed by atoms with van der Waals surface area (Å²) in [4.78, 5) is 13.4. The van der Waals surface area contributed by atoms with E-state index in [2.05, 4.69) is 6.92 Å². The zero-order valence-corrected chi connectivity index (χ0v) is 12.3. The molecule has 0 radical (unpaired) electrons. The molecule has 0 saturated heterocycles. The van der Waals surface area contributed by atoms with Crippen LogP contribution in [0.4, 0.5) is 0 Å². The average Bonchev–Trinajstić information content (AvgIpc) is 2.83. The van der Waals surface area contributed by atoms with Gasteiger partial charge in [-0.1, -0.05) is 31.2 Å². The second-order valence-corrected chi connectivity index (χ2v) is 5.90. The molecule has 0 aliphatic heterocycles. The Morgan fingerprint density at radius 3 is 2.47 bits per heavy atom. The highest BCUT2D eigenvalue weighted by Crippen LogP contribution is 2.29. The number of aryl methyl sites for hydroxylation is 2. The first kappa shape index (κ1) is 13.9. The Kier molecular flexibility index (Phi) is 4.48. The van der Waals surface area contributed by atoms with E-state index in [1.807, 2.05) is 44.2 Å². The monoisotopic (exact) mass is 274 g/mol. The maximum Gasteiger partial charge on any atom is 0.175 e. The van der Waals surface area contributed by atoms with Crippen LogP contribution in [0.3, 0.4) is 0 Å². The van der Waals surface area contributed by atoms with Crippen LogP contribution in [0.25, 0.3) is 0 Å². The quantitative estimate of drug-likeness (QED) is 0.593. The smallest absolute Gasteiger partial charge is 0.175 e. The van der Waals surface area contributed by atoms with Gasteiger partial charge in [0.2, 0.25) is 0 Å². The van der Waals surface area contributed by atoms with Crippen molar-refractivity contribution in [1.82, 2.24) is 0 Å². The maximum atomic E-state index is 12.3. The molecule has 2 nitrogen and oxygen atoms in total. The Bertz CT molecular complexity index is 554. The van der Waals surface area contributed by atoms with E-state index in [1.165, 1.54) is 5.56 Å². The summed E-state index contributed by atoms with van der Waals surface area (Å²) in [6.45, 7) is 5.96. The molecule has 1 heterocycles. The van der Waals surface area contributed by atoms with E-state index in [-0.39, 0.29) is 11.0 Å². The third-order valence-electron chi connectivity index (χ3n) is 3.13. The van der Waals surface area contributed by atoms with Crippen LogP contribution in [0.5, 0.6) is 0 Å². The number of furan rings is 1. The fourth-order valence-corrected chi connectivity index (χ4v) is 2.85. The summed E-state index contributed by atoms with van der Waals surface area (Å²) in [6.07, 6.45) is 2.65. The number of rotatable bonds is 5. The highest BCUT2D eigenvalue weighted by atomic mass is 32.2. The SMILES string of the molecule is CCc1ccc(C(=O)C(C)Sc2ccoc2C)cc1. The minimum absolute atomic E-state index is 0.108. The number of carbonyl (C=O) groups excluding carboxylic acids is 1. The van der Waals surface area contributed by atoms with Gasteiger partial charge in [0, 0.05) is 10.5 Å². The van der Waals surface area contributed by atoms with E-state index in [0.717, 1.165) is 22.6 Å². The number of benzene rings is 1. The molecule has 1 unspecified atom stereocenters. The number of thioether (sulfide) groups is 1. The van der Waals surface area contributed by atoms with Crippen LogP contribution in [0.1, 0.15) is 35.5 Å². The summed E-state index contributed by atoms with van der Waals surface area (Å²) >= 11 is 1.55. The zero-order valence-electron chi connectivity index (χ0n) is 11.5. The van der Waals surface area contributed by atoms with Gasteiger partial charge in [-0.15, -0.1) is 11.8 Å². The number of Topliss-reactive ketones (excluding diaryl/α,β-unsaturated/α-hetero) is 1. The molecule has 1 aromatic carbocycles. The molecule has 0 aliphatic rings. The summed E-state index contributed by atoms with van der Waals surface area (Å²) in [5, 5.41) is -0.108. The molecule has 100 valence electrons. The Morgan fingerprint density at radius 1 is 1.26 bits per heavy atom. The van der Waals surface area contributed by atoms with Gasteiger partial charge in [0.25, 0.3) is 0 Å². The molecule has 2 aromatic rings. The van der Waals surface area contributed by atoms with Gasteiger partial charge in [-0.05, 0) is 31.9 Å². The first-order valence-corrected chi connectivity index (χ1v) is 7.33. The van der Waals surface area contributed by atoms with Crippen molar-refractivity contribution in [1.29, 1.82) is 0 Å². The minimum Gasteiger partial charge on any atom is -0.468 e. The van der Waals surface area contributed by atoms with E-state index in [9.17, 15) is 4.79 Å². The molecule has 0 amide bonds. The topological polar surface area (TPSA) is 30.2 Å². The highest BCUT2D eigenvalue weighted by Gasteiger charge is 2.18. The lowest BCUT2D eigenvalue weighted by Gasteiger charge is -2.10. The molecule has 0 fully saturated rings. The number of ketones is 1. The number of hydrogen-bond donors (Lipinski definition) is 0. The van der Waals surface area contributed by atoms with Crippen LogP contribution >= 0.6 is 11.8 Å². The Hall–Kier alpha value is -1.48. The van der Waals surface area contributed by atoms with Crippen molar-refractivity contribution >= 4 is 17.5 Å². The summed E-state index contributed by atoms with van der Waals surface area (Å²) in [6, 6.07) is 9.78. The lowest BCUT2D eigenvalue weighted by atomic mass is 10.1. The van der Waals surface area contributed by atoms with Crippen molar-refractivity contribution in [2.24, 2.45) is 0 Å². The van der Waals surface area contributed by atoms with Gasteiger partial charge < -0.3 is 4.42 Å². The van der Waals surface area contributed by atoms with Gasteiger partial charge in [0.1, 0.15) is 5.76 Å². The van der Waals surface area contributed by atoms with E-state index in [1.54, 1.807) is 18.0 Å². The maximum absolute atomic E-state index is 12.3. The standard InChI is InChI=1S/C16H18O2S/c1-4-13-5-7-14(8-6-13)16(17)12(3)19-15-9-10-18-11(15)2/h5-10,12H,4H2,1-3H3. The van der Waals surface area contributed by atoms with E-state index < -0.39 is 0 Å². The van der Waals surface area contributed by atoms with E-state index in [4.69, 9.17) is 4.42 Å². The second kappa shape index (κ2) is 6.11. The van der Waals surface area contributed by atoms with Crippen LogP contribution in [0.2, 0.25) is 0 Å². The van der Waals surface area contributed by atoms with Gasteiger partial charge in [0.05, 0.1) is 11.5 Å². The van der Waals surface area contributed by atoms with E-state index >= 15 is 0 Å². The Morgan fingerprint density at radius 2 is 1.95 bits per heavy atom. The van der Waals surface area contributed by atoms with Gasteiger partial charge in [-0.3, -0.25) is 4.79 Å². The molecule has 0 aliphatic carbocycles. The number of hydrogen-bond acceptors (Lipinski definition) is 3. The lowest BCUT2D eigenvalue weighted by molar-refractivity contribution is 0.0994. The van der Waals surface area contributed by atoms with Gasteiger partial charge in [-0.25, -0.2) is 0 Å². The first-order chi connectivity index (χ1) is 9.11.